The summed E-state index contributed by atoms with van der Waals surface area (Å²) >= 11 is 0. The Morgan fingerprint density at radius 2 is 1.74 bits per heavy atom. The molecule has 23 heavy (non-hydrogen) atoms. The summed E-state index contributed by atoms with van der Waals surface area (Å²) < 4.78 is 13.5. The SMILES string of the molecule is Cc1cc(F)ccc1[C@H](C1CCCCC1)N1CCNCC1.Cl.Cl. The van der Waals surface area contributed by atoms with E-state index in [-0.39, 0.29) is 30.6 Å². The number of benzene rings is 1. The van der Waals surface area contributed by atoms with E-state index in [0.717, 1.165) is 37.7 Å². The van der Waals surface area contributed by atoms with Gasteiger partial charge in [0.2, 0.25) is 0 Å². The molecule has 132 valence electrons. The molecule has 3 rings (SSSR count). The van der Waals surface area contributed by atoms with Crippen LogP contribution in [0.25, 0.3) is 0 Å². The molecule has 1 aromatic rings. The molecule has 0 amide bonds. The first-order valence-electron chi connectivity index (χ1n) is 8.46. The molecule has 0 aromatic heterocycles. The Labute approximate surface area is 152 Å². The lowest BCUT2D eigenvalue weighted by molar-refractivity contribution is 0.103. The van der Waals surface area contributed by atoms with Crippen LogP contribution in [-0.4, -0.2) is 31.1 Å². The Kier molecular flexibility index (Phi) is 8.84. The Morgan fingerprint density at radius 3 is 2.35 bits per heavy atom. The van der Waals surface area contributed by atoms with Crippen molar-refractivity contribution in [2.24, 2.45) is 5.92 Å². The van der Waals surface area contributed by atoms with Crippen LogP contribution in [0.5, 0.6) is 0 Å². The van der Waals surface area contributed by atoms with Gasteiger partial charge in [0.05, 0.1) is 0 Å². The van der Waals surface area contributed by atoms with E-state index >= 15 is 0 Å². The fraction of sp³-hybridized carbons (Fsp3) is 0.667. The Morgan fingerprint density at radius 1 is 1.09 bits per heavy atom. The van der Waals surface area contributed by atoms with Gasteiger partial charge in [0.25, 0.3) is 0 Å². The van der Waals surface area contributed by atoms with E-state index in [1.165, 1.54) is 37.7 Å². The van der Waals surface area contributed by atoms with Crippen LogP contribution in [-0.2, 0) is 0 Å². The summed E-state index contributed by atoms with van der Waals surface area (Å²) in [6.45, 7) is 6.43. The third-order valence-corrected chi connectivity index (χ3v) is 5.19. The van der Waals surface area contributed by atoms with Crippen LogP contribution in [0.3, 0.4) is 0 Å². The summed E-state index contributed by atoms with van der Waals surface area (Å²) in [6.07, 6.45) is 6.74. The van der Waals surface area contributed by atoms with Gasteiger partial charge in [-0.2, -0.15) is 0 Å². The minimum absolute atomic E-state index is 0. The number of hydrogen-bond donors (Lipinski definition) is 1. The zero-order chi connectivity index (χ0) is 14.7. The topological polar surface area (TPSA) is 15.3 Å². The van der Waals surface area contributed by atoms with Gasteiger partial charge in [-0.3, -0.25) is 4.90 Å². The molecule has 0 spiro atoms. The number of nitrogens with zero attached hydrogens (tertiary/aromatic N) is 1. The van der Waals surface area contributed by atoms with Gasteiger partial charge in [-0.15, -0.1) is 24.8 Å². The predicted molar refractivity (Wildman–Crippen MR) is 99.4 cm³/mol. The van der Waals surface area contributed by atoms with E-state index in [1.807, 2.05) is 6.07 Å². The minimum atomic E-state index is -0.112. The van der Waals surface area contributed by atoms with Crippen LogP contribution in [0.4, 0.5) is 4.39 Å². The van der Waals surface area contributed by atoms with Gasteiger partial charge in [0.1, 0.15) is 5.82 Å². The smallest absolute Gasteiger partial charge is 0.123 e. The second-order valence-corrected chi connectivity index (χ2v) is 6.63. The van der Waals surface area contributed by atoms with E-state index in [9.17, 15) is 4.39 Å². The lowest BCUT2D eigenvalue weighted by Gasteiger charge is -2.41. The van der Waals surface area contributed by atoms with Crippen LogP contribution >= 0.6 is 24.8 Å². The van der Waals surface area contributed by atoms with Crippen molar-refractivity contribution in [1.29, 1.82) is 0 Å². The average molecular weight is 363 g/mol. The molecule has 0 radical (unpaired) electrons. The van der Waals surface area contributed by atoms with Gasteiger partial charge in [-0.25, -0.2) is 4.39 Å². The summed E-state index contributed by atoms with van der Waals surface area (Å²) in [5, 5.41) is 3.45. The summed E-state index contributed by atoms with van der Waals surface area (Å²) in [5.74, 6) is 0.625. The highest BCUT2D eigenvalue weighted by atomic mass is 35.5. The molecule has 1 aliphatic carbocycles. The number of piperazine rings is 1. The Hall–Kier alpha value is -0.350. The third-order valence-electron chi connectivity index (χ3n) is 5.19. The lowest BCUT2D eigenvalue weighted by Crippen LogP contribution is -2.47. The molecule has 5 heteroatoms. The maximum absolute atomic E-state index is 13.5. The molecule has 1 saturated heterocycles. The highest BCUT2D eigenvalue weighted by molar-refractivity contribution is 5.85. The maximum Gasteiger partial charge on any atom is 0.123 e. The van der Waals surface area contributed by atoms with Crippen molar-refractivity contribution < 1.29 is 4.39 Å². The number of aryl methyl sites for hydroxylation is 1. The van der Waals surface area contributed by atoms with Gasteiger partial charge < -0.3 is 5.32 Å². The molecule has 1 atom stereocenters. The fourth-order valence-electron chi connectivity index (χ4n) is 4.13. The zero-order valence-electron chi connectivity index (χ0n) is 13.9. The normalized spacial score (nSPS) is 21.1. The molecule has 2 nitrogen and oxygen atoms in total. The van der Waals surface area contributed by atoms with Gasteiger partial charge in [0.15, 0.2) is 0 Å². The second kappa shape index (κ2) is 9.83. The Balaban J connectivity index is 0.00000132. The van der Waals surface area contributed by atoms with Crippen molar-refractivity contribution in [3.05, 3.63) is 35.1 Å². The van der Waals surface area contributed by atoms with Crippen molar-refractivity contribution in [2.75, 3.05) is 26.2 Å². The molecule has 0 unspecified atom stereocenters. The number of rotatable bonds is 3. The summed E-state index contributed by atoms with van der Waals surface area (Å²) in [5.41, 5.74) is 2.47. The van der Waals surface area contributed by atoms with Crippen LogP contribution < -0.4 is 5.32 Å². The van der Waals surface area contributed by atoms with Crippen molar-refractivity contribution in [1.82, 2.24) is 10.2 Å². The number of hydrogen-bond acceptors (Lipinski definition) is 2. The van der Waals surface area contributed by atoms with E-state index in [1.54, 1.807) is 12.1 Å². The van der Waals surface area contributed by atoms with E-state index < -0.39 is 0 Å². The molecule has 1 aromatic carbocycles. The lowest BCUT2D eigenvalue weighted by atomic mass is 9.79. The van der Waals surface area contributed by atoms with Gasteiger partial charge >= 0.3 is 0 Å². The van der Waals surface area contributed by atoms with Gasteiger partial charge in [-0.1, -0.05) is 25.3 Å². The molecule has 1 aliphatic heterocycles. The average Bonchev–Trinajstić information content (AvgIpc) is 2.52. The summed E-state index contributed by atoms with van der Waals surface area (Å²) in [6, 6.07) is 5.85. The number of nitrogens with one attached hydrogen (secondary N) is 1. The third kappa shape index (κ3) is 5.06. The number of halogens is 3. The first-order valence-corrected chi connectivity index (χ1v) is 8.46. The molecule has 1 saturated carbocycles. The highest BCUT2D eigenvalue weighted by Crippen LogP contribution is 2.39. The zero-order valence-corrected chi connectivity index (χ0v) is 15.5. The molecular formula is C18H29Cl2FN2. The fourth-order valence-corrected chi connectivity index (χ4v) is 4.13. The molecular weight excluding hydrogens is 334 g/mol. The van der Waals surface area contributed by atoms with E-state index in [4.69, 9.17) is 0 Å². The summed E-state index contributed by atoms with van der Waals surface area (Å²) in [4.78, 5) is 2.63. The first-order chi connectivity index (χ1) is 10.3. The summed E-state index contributed by atoms with van der Waals surface area (Å²) in [7, 11) is 0. The largest absolute Gasteiger partial charge is 0.314 e. The van der Waals surface area contributed by atoms with E-state index in [2.05, 4.69) is 17.1 Å². The van der Waals surface area contributed by atoms with E-state index in [0.29, 0.717) is 6.04 Å². The molecule has 2 aliphatic rings. The molecule has 2 fully saturated rings. The van der Waals surface area contributed by atoms with Crippen LogP contribution in [0.1, 0.15) is 49.3 Å². The van der Waals surface area contributed by atoms with Gasteiger partial charge in [-0.05, 0) is 48.9 Å². The predicted octanol–water partition coefficient (Wildman–Crippen LogP) is 4.50. The quantitative estimate of drug-likeness (QED) is 0.850. The Bertz CT molecular complexity index is 454. The first kappa shape index (κ1) is 20.7. The maximum atomic E-state index is 13.5. The van der Waals surface area contributed by atoms with Crippen molar-refractivity contribution in [2.45, 2.75) is 45.1 Å². The van der Waals surface area contributed by atoms with Crippen LogP contribution in [0.15, 0.2) is 18.2 Å². The van der Waals surface area contributed by atoms with Crippen molar-refractivity contribution >= 4 is 24.8 Å². The molecule has 1 N–H and O–H groups in total. The van der Waals surface area contributed by atoms with Crippen molar-refractivity contribution in [3.8, 4) is 0 Å². The molecule has 0 bridgehead atoms. The monoisotopic (exact) mass is 362 g/mol. The van der Waals surface area contributed by atoms with Crippen LogP contribution in [0, 0.1) is 18.7 Å². The van der Waals surface area contributed by atoms with Crippen LogP contribution in [0.2, 0.25) is 0 Å². The highest BCUT2D eigenvalue weighted by Gasteiger charge is 2.31. The van der Waals surface area contributed by atoms with Crippen molar-refractivity contribution in [3.63, 3.8) is 0 Å². The van der Waals surface area contributed by atoms with Gasteiger partial charge in [0, 0.05) is 32.2 Å². The second-order valence-electron chi connectivity index (χ2n) is 6.63. The standard InChI is InChI=1S/C18H27FN2.2ClH/c1-14-13-16(19)7-8-17(14)18(15-5-3-2-4-6-15)21-11-9-20-10-12-21;;/h7-8,13,15,18,20H,2-6,9-12H2,1H3;2*1H/t18-;;/m0../s1. The molecule has 1 heterocycles. The minimum Gasteiger partial charge on any atom is -0.314 e.